The molecule has 0 aromatic rings. The van der Waals surface area contributed by atoms with Gasteiger partial charge in [-0.1, -0.05) is 48.5 Å². The molecule has 2 unspecified atom stereocenters. The zero-order valence-corrected chi connectivity index (χ0v) is 18.8. The van der Waals surface area contributed by atoms with Crippen molar-refractivity contribution in [3.8, 4) is 0 Å². The molecule has 0 radical (unpaired) electrons. The van der Waals surface area contributed by atoms with Crippen molar-refractivity contribution < 1.29 is 19.2 Å². The van der Waals surface area contributed by atoms with Gasteiger partial charge >= 0.3 is 0 Å². The Kier molecular flexibility index (Phi) is 10.3. The van der Waals surface area contributed by atoms with Gasteiger partial charge in [0.05, 0.1) is 11.8 Å². The summed E-state index contributed by atoms with van der Waals surface area (Å²) in [6.45, 7) is 14.4. The minimum atomic E-state index is -0.840. The zero-order chi connectivity index (χ0) is 21.4. The summed E-state index contributed by atoms with van der Waals surface area (Å²) >= 11 is 1.55. The highest BCUT2D eigenvalue weighted by Gasteiger charge is 2.29. The predicted octanol–water partition coefficient (Wildman–Crippen LogP) is 2.74. The summed E-state index contributed by atoms with van der Waals surface area (Å²) in [5, 5.41) is 5.19. The Bertz CT molecular complexity index is 547. The van der Waals surface area contributed by atoms with Crippen LogP contribution < -0.4 is 10.6 Å². The highest BCUT2D eigenvalue weighted by Crippen LogP contribution is 2.17. The maximum atomic E-state index is 12.6. The van der Waals surface area contributed by atoms with Crippen LogP contribution in [0.2, 0.25) is 0 Å². The van der Waals surface area contributed by atoms with Crippen LogP contribution in [0.15, 0.2) is 0 Å². The quantitative estimate of drug-likeness (QED) is 0.588. The minimum Gasteiger partial charge on any atom is -0.347 e. The average Bonchev–Trinajstić information content (AvgIpc) is 2.53. The van der Waals surface area contributed by atoms with Crippen molar-refractivity contribution >= 4 is 35.1 Å². The third kappa shape index (κ3) is 9.94. The Morgan fingerprint density at radius 3 is 1.96 bits per heavy atom. The Morgan fingerprint density at radius 1 is 0.963 bits per heavy atom. The second-order valence-electron chi connectivity index (χ2n) is 8.77. The highest BCUT2D eigenvalue weighted by molar-refractivity contribution is 8.00. The lowest BCUT2D eigenvalue weighted by atomic mass is 9.91. The Balaban J connectivity index is 5.02. The van der Waals surface area contributed by atoms with Crippen molar-refractivity contribution in [1.82, 2.24) is 10.6 Å². The van der Waals surface area contributed by atoms with Crippen LogP contribution in [0, 0.1) is 10.8 Å². The van der Waals surface area contributed by atoms with Crippen molar-refractivity contribution in [1.29, 1.82) is 0 Å². The molecule has 2 atom stereocenters. The molecular formula is C20H36N2O4S. The fraction of sp³-hybridized carbons (Fsp3) is 0.800. The molecule has 0 bridgehead atoms. The van der Waals surface area contributed by atoms with Gasteiger partial charge in [-0.15, -0.1) is 0 Å². The summed E-state index contributed by atoms with van der Waals surface area (Å²) in [5.41, 5.74) is -1.21. The maximum absolute atomic E-state index is 12.6. The summed E-state index contributed by atoms with van der Waals surface area (Å²) in [7, 11) is 0. The lowest BCUT2D eigenvalue weighted by Crippen LogP contribution is -2.51. The van der Waals surface area contributed by atoms with E-state index in [0.717, 1.165) is 5.75 Å². The number of nitrogens with one attached hydrogen (secondary N) is 2. The molecule has 0 aliphatic rings. The summed E-state index contributed by atoms with van der Waals surface area (Å²) in [5.74, 6) is 0.0882. The van der Waals surface area contributed by atoms with Crippen molar-refractivity contribution in [2.24, 2.45) is 10.8 Å². The van der Waals surface area contributed by atoms with Gasteiger partial charge in [-0.25, -0.2) is 0 Å². The summed E-state index contributed by atoms with van der Waals surface area (Å²) in [6.07, 6.45) is 0.411. The number of hydrogen-bond acceptors (Lipinski definition) is 5. The largest absolute Gasteiger partial charge is 0.347 e. The standard InChI is InChI=1S/C20H36N2O4S/c1-9-27-13(2)15(23)11-10-14(22-18(26)20(6,7)8)17(25)21-12-16(24)19(3,4)5/h13-14H,9-12H2,1-8H3,(H,21,25)(H,22,26). The van der Waals surface area contributed by atoms with Crippen LogP contribution in [0.5, 0.6) is 0 Å². The number of rotatable bonds is 10. The molecule has 0 heterocycles. The van der Waals surface area contributed by atoms with Crippen molar-refractivity contribution in [3.63, 3.8) is 0 Å². The van der Waals surface area contributed by atoms with Gasteiger partial charge in [0.2, 0.25) is 11.8 Å². The molecule has 0 rings (SSSR count). The molecule has 0 aromatic carbocycles. The molecule has 0 spiro atoms. The fourth-order valence-electron chi connectivity index (χ4n) is 2.03. The molecule has 6 nitrogen and oxygen atoms in total. The Hall–Kier alpha value is -1.37. The van der Waals surface area contributed by atoms with Gasteiger partial charge in [-0.05, 0) is 19.1 Å². The molecule has 0 aromatic heterocycles. The van der Waals surface area contributed by atoms with Gasteiger partial charge < -0.3 is 10.6 Å². The number of ketones is 2. The number of amides is 2. The zero-order valence-electron chi connectivity index (χ0n) is 18.0. The molecule has 0 saturated heterocycles. The molecule has 0 saturated carbocycles. The topological polar surface area (TPSA) is 92.3 Å². The second-order valence-corrected chi connectivity index (χ2v) is 10.4. The number of carbonyl (C=O) groups excluding carboxylic acids is 4. The molecule has 0 aliphatic carbocycles. The van der Waals surface area contributed by atoms with Gasteiger partial charge in [-0.2, -0.15) is 11.8 Å². The van der Waals surface area contributed by atoms with Crippen LogP contribution in [0.4, 0.5) is 0 Å². The smallest absolute Gasteiger partial charge is 0.242 e. The fourth-order valence-corrected chi connectivity index (χ4v) is 2.84. The van der Waals surface area contributed by atoms with Gasteiger partial charge in [0.15, 0.2) is 5.78 Å². The molecule has 2 N–H and O–H groups in total. The van der Waals surface area contributed by atoms with E-state index in [1.165, 1.54) is 0 Å². The third-order valence-corrected chi connectivity index (χ3v) is 5.21. The summed E-state index contributed by atoms with van der Waals surface area (Å²) in [4.78, 5) is 49.1. The molecule has 27 heavy (non-hydrogen) atoms. The van der Waals surface area contributed by atoms with E-state index in [1.807, 2.05) is 13.8 Å². The molecule has 156 valence electrons. The van der Waals surface area contributed by atoms with E-state index >= 15 is 0 Å². The Labute approximate surface area is 168 Å². The van der Waals surface area contributed by atoms with E-state index in [0.29, 0.717) is 0 Å². The lowest BCUT2D eigenvalue weighted by molar-refractivity contribution is -0.134. The molecular weight excluding hydrogens is 364 g/mol. The SMILES string of the molecule is CCSC(C)C(=O)CCC(NC(=O)C(C)(C)C)C(=O)NCC(=O)C(C)(C)C. The van der Waals surface area contributed by atoms with Gasteiger partial charge in [0.1, 0.15) is 11.8 Å². The minimum absolute atomic E-state index is 0.0513. The predicted molar refractivity (Wildman–Crippen MR) is 111 cm³/mol. The maximum Gasteiger partial charge on any atom is 0.242 e. The number of carbonyl (C=O) groups is 4. The number of hydrogen-bond donors (Lipinski definition) is 2. The molecule has 0 fully saturated rings. The highest BCUT2D eigenvalue weighted by atomic mass is 32.2. The molecule has 2 amide bonds. The van der Waals surface area contributed by atoms with Crippen LogP contribution in [0.3, 0.4) is 0 Å². The number of thioether (sulfide) groups is 1. The first kappa shape index (κ1) is 25.6. The van der Waals surface area contributed by atoms with E-state index in [4.69, 9.17) is 0 Å². The molecule has 0 aliphatic heterocycles. The van der Waals surface area contributed by atoms with Gasteiger partial charge in [0, 0.05) is 17.3 Å². The first-order valence-corrected chi connectivity index (χ1v) is 10.5. The van der Waals surface area contributed by atoms with Crippen LogP contribution in [-0.4, -0.2) is 47.0 Å². The second kappa shape index (κ2) is 10.8. The van der Waals surface area contributed by atoms with Gasteiger partial charge in [-0.3, -0.25) is 19.2 Å². The number of Topliss-reactive ketones (excluding diaryl/α,β-unsaturated/α-hetero) is 2. The van der Waals surface area contributed by atoms with Crippen LogP contribution in [-0.2, 0) is 19.2 Å². The normalized spacial score (nSPS) is 14.2. The van der Waals surface area contributed by atoms with E-state index in [-0.39, 0.29) is 42.1 Å². The van der Waals surface area contributed by atoms with Crippen molar-refractivity contribution in [2.75, 3.05) is 12.3 Å². The van der Waals surface area contributed by atoms with Crippen molar-refractivity contribution in [3.05, 3.63) is 0 Å². The summed E-state index contributed by atoms with van der Waals surface area (Å²) < 4.78 is 0. The van der Waals surface area contributed by atoms with E-state index in [9.17, 15) is 19.2 Å². The summed E-state index contributed by atoms with van der Waals surface area (Å²) in [6, 6.07) is -0.840. The van der Waals surface area contributed by atoms with Crippen LogP contribution in [0.1, 0.15) is 68.2 Å². The van der Waals surface area contributed by atoms with Crippen molar-refractivity contribution in [2.45, 2.75) is 79.5 Å². The molecule has 7 heteroatoms. The Morgan fingerprint density at radius 2 is 1.52 bits per heavy atom. The van der Waals surface area contributed by atoms with E-state index < -0.39 is 22.8 Å². The first-order valence-electron chi connectivity index (χ1n) is 9.46. The van der Waals surface area contributed by atoms with Crippen LogP contribution in [0.25, 0.3) is 0 Å². The average molecular weight is 401 g/mol. The van der Waals surface area contributed by atoms with E-state index in [2.05, 4.69) is 10.6 Å². The third-order valence-electron chi connectivity index (χ3n) is 4.11. The van der Waals surface area contributed by atoms with Gasteiger partial charge in [0.25, 0.3) is 0 Å². The van der Waals surface area contributed by atoms with E-state index in [1.54, 1.807) is 53.3 Å². The first-order chi connectivity index (χ1) is 12.2. The lowest BCUT2D eigenvalue weighted by Gasteiger charge is -2.24. The van der Waals surface area contributed by atoms with Crippen LogP contribution >= 0.6 is 11.8 Å². The monoisotopic (exact) mass is 400 g/mol.